The van der Waals surface area contributed by atoms with Crippen LogP contribution in [0.15, 0.2) is 22.8 Å². The maximum absolute atomic E-state index is 12.4. The zero-order chi connectivity index (χ0) is 16.3. The Morgan fingerprint density at radius 2 is 1.50 bits per heavy atom. The molecular weight excluding hydrogens is 284 g/mol. The Labute approximate surface area is 128 Å². The first-order valence-electron chi connectivity index (χ1n) is 7.45. The van der Waals surface area contributed by atoms with E-state index in [1.54, 1.807) is 27.7 Å². The molecule has 0 radical (unpaired) electrons. The molecule has 0 N–H and O–H groups in total. The average molecular weight is 302 g/mol. The molecular formula is C16H18N2O4. The maximum Gasteiger partial charge on any atom is 0.261 e. The van der Waals surface area contributed by atoms with Gasteiger partial charge in [-0.05, 0) is 40.2 Å². The third-order valence-electron chi connectivity index (χ3n) is 4.37. The van der Waals surface area contributed by atoms with Crippen molar-refractivity contribution >= 4 is 23.6 Å². The summed E-state index contributed by atoms with van der Waals surface area (Å²) < 4.78 is 0. The lowest BCUT2D eigenvalue weighted by molar-refractivity contribution is -0.141. The molecule has 0 bridgehead atoms. The Morgan fingerprint density at radius 3 is 2.05 bits per heavy atom. The standard InChI is InChI=1S/C16H18N2O4/c1-7(2)17-13(19)9-5-11-12(6-10(9)14(17)20)16(22)18(8(3)4)15(11)21/h5,7-8,10H,6H2,1-4H3. The third kappa shape index (κ3) is 1.73. The molecule has 1 aliphatic carbocycles. The van der Waals surface area contributed by atoms with Crippen molar-refractivity contribution in [1.82, 2.24) is 9.80 Å². The topological polar surface area (TPSA) is 74.8 Å². The zero-order valence-corrected chi connectivity index (χ0v) is 13.0. The van der Waals surface area contributed by atoms with Crippen LogP contribution in [0.2, 0.25) is 0 Å². The predicted molar refractivity (Wildman–Crippen MR) is 77.2 cm³/mol. The second-order valence-electron chi connectivity index (χ2n) is 6.43. The SMILES string of the molecule is CC(C)N1C(=O)C2=C(CC3C(=O)N(C(C)C)C(=O)C3=C2)C1=O. The molecule has 6 nitrogen and oxygen atoms in total. The van der Waals surface area contributed by atoms with E-state index in [1.807, 2.05) is 0 Å². The Balaban J connectivity index is 2.03. The van der Waals surface area contributed by atoms with Gasteiger partial charge in [-0.3, -0.25) is 29.0 Å². The van der Waals surface area contributed by atoms with Gasteiger partial charge in [0.1, 0.15) is 0 Å². The predicted octanol–water partition coefficient (Wildman–Crippen LogP) is 0.784. The Morgan fingerprint density at radius 1 is 0.909 bits per heavy atom. The van der Waals surface area contributed by atoms with Gasteiger partial charge in [-0.1, -0.05) is 0 Å². The van der Waals surface area contributed by atoms with Gasteiger partial charge in [0.25, 0.3) is 17.7 Å². The average Bonchev–Trinajstić information content (AvgIpc) is 2.82. The molecule has 2 heterocycles. The Kier molecular flexibility index (Phi) is 3.09. The molecule has 6 heteroatoms. The van der Waals surface area contributed by atoms with Gasteiger partial charge < -0.3 is 0 Å². The molecule has 1 atom stereocenters. The highest BCUT2D eigenvalue weighted by Crippen LogP contribution is 2.41. The molecule has 4 amide bonds. The first kappa shape index (κ1) is 14.7. The summed E-state index contributed by atoms with van der Waals surface area (Å²) in [6.07, 6.45) is 1.59. The first-order chi connectivity index (χ1) is 10.3. The van der Waals surface area contributed by atoms with Crippen molar-refractivity contribution in [2.24, 2.45) is 5.92 Å². The smallest absolute Gasteiger partial charge is 0.261 e. The second-order valence-corrected chi connectivity index (χ2v) is 6.43. The number of hydrogen-bond acceptors (Lipinski definition) is 4. The van der Waals surface area contributed by atoms with Crippen molar-refractivity contribution in [2.75, 3.05) is 0 Å². The van der Waals surface area contributed by atoms with E-state index < -0.39 is 5.92 Å². The number of carbonyl (C=O) groups excluding carboxylic acids is 4. The minimum Gasteiger partial charge on any atom is -0.276 e. The molecule has 22 heavy (non-hydrogen) atoms. The fourth-order valence-electron chi connectivity index (χ4n) is 3.32. The second kappa shape index (κ2) is 4.63. The summed E-state index contributed by atoms with van der Waals surface area (Å²) in [7, 11) is 0. The Hall–Kier alpha value is -2.24. The van der Waals surface area contributed by atoms with Gasteiger partial charge in [-0.25, -0.2) is 0 Å². The quantitative estimate of drug-likeness (QED) is 0.707. The number of nitrogens with zero attached hydrogens (tertiary/aromatic N) is 2. The molecule has 3 aliphatic rings. The van der Waals surface area contributed by atoms with Crippen molar-refractivity contribution < 1.29 is 19.2 Å². The number of hydrogen-bond donors (Lipinski definition) is 0. The van der Waals surface area contributed by atoms with Crippen LogP contribution in [-0.2, 0) is 19.2 Å². The molecule has 0 aromatic heterocycles. The molecule has 1 unspecified atom stereocenters. The number of amides is 4. The highest BCUT2D eigenvalue weighted by Gasteiger charge is 2.50. The first-order valence-corrected chi connectivity index (χ1v) is 7.45. The Bertz CT molecular complexity index is 684. The van der Waals surface area contributed by atoms with Crippen molar-refractivity contribution in [3.05, 3.63) is 22.8 Å². The van der Waals surface area contributed by atoms with Gasteiger partial charge in [-0.2, -0.15) is 0 Å². The molecule has 0 aromatic rings. The largest absolute Gasteiger partial charge is 0.276 e. The molecule has 1 saturated heterocycles. The van der Waals surface area contributed by atoms with Crippen molar-refractivity contribution in [2.45, 2.75) is 46.2 Å². The van der Waals surface area contributed by atoms with Crippen LogP contribution in [0.1, 0.15) is 34.1 Å². The van der Waals surface area contributed by atoms with E-state index in [1.165, 1.54) is 15.9 Å². The van der Waals surface area contributed by atoms with E-state index in [2.05, 4.69) is 0 Å². The van der Waals surface area contributed by atoms with E-state index in [0.29, 0.717) is 11.1 Å². The molecule has 3 rings (SSSR count). The van der Waals surface area contributed by atoms with Gasteiger partial charge in [-0.15, -0.1) is 0 Å². The van der Waals surface area contributed by atoms with E-state index in [-0.39, 0.29) is 47.7 Å². The fourth-order valence-corrected chi connectivity index (χ4v) is 3.32. The molecule has 0 saturated carbocycles. The summed E-state index contributed by atoms with van der Waals surface area (Å²) in [6.45, 7) is 7.06. The van der Waals surface area contributed by atoms with E-state index >= 15 is 0 Å². The number of imide groups is 2. The van der Waals surface area contributed by atoms with Crippen LogP contribution in [0.5, 0.6) is 0 Å². The van der Waals surface area contributed by atoms with E-state index in [4.69, 9.17) is 0 Å². The zero-order valence-electron chi connectivity index (χ0n) is 13.0. The highest BCUT2D eigenvalue weighted by molar-refractivity contribution is 6.24. The maximum atomic E-state index is 12.4. The van der Waals surface area contributed by atoms with Crippen LogP contribution >= 0.6 is 0 Å². The number of fused-ring (bicyclic) bond motifs is 1. The summed E-state index contributed by atoms with van der Waals surface area (Å²) in [6, 6.07) is -0.484. The summed E-state index contributed by atoms with van der Waals surface area (Å²) in [5.41, 5.74) is 0.972. The van der Waals surface area contributed by atoms with Gasteiger partial charge in [0.2, 0.25) is 5.91 Å². The minimum atomic E-state index is -0.627. The van der Waals surface area contributed by atoms with Crippen LogP contribution in [-0.4, -0.2) is 45.5 Å². The summed E-state index contributed by atoms with van der Waals surface area (Å²) in [5, 5.41) is 0. The summed E-state index contributed by atoms with van der Waals surface area (Å²) >= 11 is 0. The van der Waals surface area contributed by atoms with Crippen molar-refractivity contribution in [3.8, 4) is 0 Å². The minimum absolute atomic E-state index is 0.142. The molecule has 0 spiro atoms. The molecule has 116 valence electrons. The van der Waals surface area contributed by atoms with Gasteiger partial charge >= 0.3 is 0 Å². The number of rotatable bonds is 2. The normalized spacial score (nSPS) is 24.8. The molecule has 0 aromatic carbocycles. The van der Waals surface area contributed by atoms with Gasteiger partial charge in [0.05, 0.1) is 5.92 Å². The van der Waals surface area contributed by atoms with Crippen LogP contribution < -0.4 is 0 Å². The summed E-state index contributed by atoms with van der Waals surface area (Å²) in [4.78, 5) is 52.0. The van der Waals surface area contributed by atoms with Crippen molar-refractivity contribution in [3.63, 3.8) is 0 Å². The lowest BCUT2D eigenvalue weighted by Gasteiger charge is -2.20. The van der Waals surface area contributed by atoms with E-state index in [9.17, 15) is 19.2 Å². The van der Waals surface area contributed by atoms with Crippen LogP contribution in [0.3, 0.4) is 0 Å². The lowest BCUT2D eigenvalue weighted by Crippen LogP contribution is -2.38. The van der Waals surface area contributed by atoms with Crippen LogP contribution in [0.4, 0.5) is 0 Å². The lowest BCUT2D eigenvalue weighted by atomic mass is 9.85. The fraction of sp³-hybridized carbons (Fsp3) is 0.500. The number of carbonyl (C=O) groups is 4. The van der Waals surface area contributed by atoms with Crippen molar-refractivity contribution in [1.29, 1.82) is 0 Å². The van der Waals surface area contributed by atoms with Gasteiger partial charge in [0, 0.05) is 28.8 Å². The summed E-state index contributed by atoms with van der Waals surface area (Å²) in [5.74, 6) is -1.96. The van der Waals surface area contributed by atoms with Gasteiger partial charge in [0.15, 0.2) is 0 Å². The monoisotopic (exact) mass is 302 g/mol. The molecule has 1 fully saturated rings. The van der Waals surface area contributed by atoms with Crippen LogP contribution in [0, 0.1) is 5.92 Å². The highest BCUT2D eigenvalue weighted by atomic mass is 16.2. The number of likely N-dealkylation sites (tertiary alicyclic amines) is 1. The molecule has 2 aliphatic heterocycles. The third-order valence-corrected chi connectivity index (χ3v) is 4.37. The van der Waals surface area contributed by atoms with E-state index in [0.717, 1.165) is 0 Å². The van der Waals surface area contributed by atoms with Crippen LogP contribution in [0.25, 0.3) is 0 Å².